The molecule has 1 fully saturated rings. The summed E-state index contributed by atoms with van der Waals surface area (Å²) < 4.78 is 0. The molecule has 0 bridgehead atoms. The van der Waals surface area contributed by atoms with E-state index in [0.717, 1.165) is 5.75 Å². The molecule has 1 unspecified atom stereocenters. The van der Waals surface area contributed by atoms with Gasteiger partial charge in [0.2, 0.25) is 0 Å². The number of hydrogen-bond acceptors (Lipinski definition) is 4. The van der Waals surface area contributed by atoms with Gasteiger partial charge in [-0.2, -0.15) is 16.7 Å². The molecule has 0 radical (unpaired) electrons. The Morgan fingerprint density at radius 2 is 2.44 bits per heavy atom. The Kier molecular flexibility index (Phi) is 2.22. The molecule has 4 heteroatoms. The van der Waals surface area contributed by atoms with E-state index in [-0.39, 0.29) is 5.78 Å². The van der Waals surface area contributed by atoms with Gasteiger partial charge in [-0.15, -0.1) is 0 Å². The third-order valence-corrected chi connectivity index (χ3v) is 2.31. The summed E-state index contributed by atoms with van der Waals surface area (Å²) in [6.45, 7) is 0. The Morgan fingerprint density at radius 1 is 1.67 bits per heavy atom. The molecule has 9 heavy (non-hydrogen) atoms. The van der Waals surface area contributed by atoms with Gasteiger partial charge in [0.25, 0.3) is 0 Å². The molecule has 1 rings (SSSR count). The van der Waals surface area contributed by atoms with Crippen molar-refractivity contribution in [3.8, 4) is 0 Å². The lowest BCUT2D eigenvalue weighted by Gasteiger charge is -2.12. The number of carbonyl (C=O) groups excluding carboxylic acids is 1. The Balaban J connectivity index is 2.48. The lowest BCUT2D eigenvalue weighted by atomic mass is 10.2. The van der Waals surface area contributed by atoms with Crippen molar-refractivity contribution >= 4 is 17.5 Å². The monoisotopic (exact) mass is 145 g/mol. The fourth-order valence-corrected chi connectivity index (χ4v) is 1.70. The molecule has 0 saturated carbocycles. The van der Waals surface area contributed by atoms with Crippen LogP contribution < -0.4 is 0 Å². The van der Waals surface area contributed by atoms with Crippen LogP contribution in [-0.2, 0) is 4.79 Å². The fraction of sp³-hybridized carbons (Fsp3) is 0.800. The minimum Gasteiger partial charge on any atom is -0.297 e. The third kappa shape index (κ3) is 1.51. The van der Waals surface area contributed by atoms with Crippen molar-refractivity contribution in [3.05, 3.63) is 4.91 Å². The van der Waals surface area contributed by atoms with Crippen LogP contribution in [0.15, 0.2) is 5.18 Å². The number of Topliss-reactive ketones (excluding diaryl/α,β-unsaturated/α-hetero) is 1. The number of hydrogen-bond donors (Lipinski definition) is 0. The number of rotatable bonds is 1. The van der Waals surface area contributed by atoms with Crippen molar-refractivity contribution in [1.82, 2.24) is 0 Å². The smallest absolute Gasteiger partial charge is 0.162 e. The molecule has 0 N–H and O–H groups in total. The molecule has 3 nitrogen and oxygen atoms in total. The minimum absolute atomic E-state index is 0.00347. The second-order valence-electron chi connectivity index (χ2n) is 1.91. The van der Waals surface area contributed by atoms with Gasteiger partial charge in [-0.3, -0.25) is 4.79 Å². The van der Waals surface area contributed by atoms with Crippen LogP contribution in [0.3, 0.4) is 0 Å². The highest BCUT2D eigenvalue weighted by atomic mass is 32.2. The molecule has 1 aliphatic rings. The topological polar surface area (TPSA) is 46.5 Å². The fourth-order valence-electron chi connectivity index (χ4n) is 0.716. The molecular weight excluding hydrogens is 138 g/mol. The van der Waals surface area contributed by atoms with Gasteiger partial charge in [-0.05, 0) is 0 Å². The van der Waals surface area contributed by atoms with Gasteiger partial charge in [0.05, 0.1) is 0 Å². The van der Waals surface area contributed by atoms with E-state index in [4.69, 9.17) is 0 Å². The number of carbonyl (C=O) groups is 1. The standard InChI is InChI=1S/C5H7NO2S/c7-5-1-2-9-3-4(5)6-8/h4H,1-3H2. The van der Waals surface area contributed by atoms with Crippen LogP contribution in [0.2, 0.25) is 0 Å². The number of nitrogens with zero attached hydrogens (tertiary/aromatic N) is 1. The van der Waals surface area contributed by atoms with Gasteiger partial charge in [0.15, 0.2) is 11.8 Å². The molecule has 1 atom stereocenters. The van der Waals surface area contributed by atoms with Crippen molar-refractivity contribution in [3.63, 3.8) is 0 Å². The lowest BCUT2D eigenvalue weighted by Crippen LogP contribution is -2.25. The molecule has 0 spiro atoms. The van der Waals surface area contributed by atoms with E-state index < -0.39 is 6.04 Å². The maximum Gasteiger partial charge on any atom is 0.162 e. The highest BCUT2D eigenvalue weighted by Gasteiger charge is 2.22. The molecule has 0 aromatic carbocycles. The highest BCUT2D eigenvalue weighted by Crippen LogP contribution is 2.15. The van der Waals surface area contributed by atoms with Crippen molar-refractivity contribution < 1.29 is 4.79 Å². The van der Waals surface area contributed by atoms with Crippen molar-refractivity contribution in [1.29, 1.82) is 0 Å². The van der Waals surface area contributed by atoms with Crippen LogP contribution in [0.1, 0.15) is 6.42 Å². The quantitative estimate of drug-likeness (QED) is 0.513. The minimum atomic E-state index is -0.552. The van der Waals surface area contributed by atoms with Crippen LogP contribution in [0.25, 0.3) is 0 Å². The average molecular weight is 145 g/mol. The third-order valence-electron chi connectivity index (χ3n) is 1.27. The summed E-state index contributed by atoms with van der Waals surface area (Å²) in [4.78, 5) is 20.6. The summed E-state index contributed by atoms with van der Waals surface area (Å²) in [5.74, 6) is 1.44. The zero-order chi connectivity index (χ0) is 6.69. The molecular formula is C5H7NO2S. The summed E-state index contributed by atoms with van der Waals surface area (Å²) >= 11 is 1.62. The van der Waals surface area contributed by atoms with E-state index in [1.165, 1.54) is 0 Å². The van der Waals surface area contributed by atoms with E-state index in [1.807, 2.05) is 0 Å². The van der Waals surface area contributed by atoms with Gasteiger partial charge in [-0.25, -0.2) is 0 Å². The summed E-state index contributed by atoms with van der Waals surface area (Å²) in [5, 5.41) is 2.71. The molecule has 0 amide bonds. The number of ketones is 1. The van der Waals surface area contributed by atoms with E-state index in [9.17, 15) is 9.70 Å². The molecule has 1 aliphatic heterocycles. The first-order valence-corrected chi connectivity index (χ1v) is 3.93. The van der Waals surface area contributed by atoms with Crippen LogP contribution in [0.5, 0.6) is 0 Å². The summed E-state index contributed by atoms with van der Waals surface area (Å²) in [6.07, 6.45) is 0.515. The zero-order valence-electron chi connectivity index (χ0n) is 4.87. The Bertz CT molecular complexity index is 137. The van der Waals surface area contributed by atoms with Crippen molar-refractivity contribution in [2.24, 2.45) is 5.18 Å². The molecule has 0 aromatic rings. The molecule has 1 heterocycles. The van der Waals surface area contributed by atoms with E-state index in [2.05, 4.69) is 5.18 Å². The van der Waals surface area contributed by atoms with Gasteiger partial charge < -0.3 is 0 Å². The SMILES string of the molecule is O=NC1CSCCC1=O. The Hall–Kier alpha value is -0.380. The first-order valence-electron chi connectivity index (χ1n) is 2.77. The van der Waals surface area contributed by atoms with Gasteiger partial charge in [0, 0.05) is 17.9 Å². The number of thioether (sulfide) groups is 1. The van der Waals surface area contributed by atoms with Crippen LogP contribution >= 0.6 is 11.8 Å². The first kappa shape index (κ1) is 6.74. The van der Waals surface area contributed by atoms with E-state index in [0.29, 0.717) is 12.2 Å². The predicted molar refractivity (Wildman–Crippen MR) is 36.5 cm³/mol. The Labute approximate surface area is 57.2 Å². The first-order chi connectivity index (χ1) is 4.34. The average Bonchev–Trinajstić information content (AvgIpc) is 1.89. The highest BCUT2D eigenvalue weighted by molar-refractivity contribution is 7.99. The maximum atomic E-state index is 10.7. The second kappa shape index (κ2) is 2.96. The van der Waals surface area contributed by atoms with Gasteiger partial charge in [0.1, 0.15) is 0 Å². The molecule has 0 aromatic heterocycles. The van der Waals surface area contributed by atoms with Gasteiger partial charge in [-0.1, -0.05) is 5.18 Å². The van der Waals surface area contributed by atoms with Crippen molar-refractivity contribution in [2.75, 3.05) is 11.5 Å². The van der Waals surface area contributed by atoms with Gasteiger partial charge >= 0.3 is 0 Å². The summed E-state index contributed by atoms with van der Waals surface area (Å²) in [5.41, 5.74) is 0. The van der Waals surface area contributed by atoms with E-state index in [1.54, 1.807) is 11.8 Å². The summed E-state index contributed by atoms with van der Waals surface area (Å²) in [7, 11) is 0. The van der Waals surface area contributed by atoms with E-state index >= 15 is 0 Å². The Morgan fingerprint density at radius 3 is 2.89 bits per heavy atom. The molecule has 50 valence electrons. The maximum absolute atomic E-state index is 10.7. The second-order valence-corrected chi connectivity index (χ2v) is 3.06. The molecule has 0 aliphatic carbocycles. The molecule has 1 saturated heterocycles. The normalized spacial score (nSPS) is 28.0. The van der Waals surface area contributed by atoms with Crippen LogP contribution in [0.4, 0.5) is 0 Å². The largest absolute Gasteiger partial charge is 0.297 e. The number of nitroso groups, excluding NO2 is 1. The lowest BCUT2D eigenvalue weighted by molar-refractivity contribution is -0.119. The zero-order valence-corrected chi connectivity index (χ0v) is 5.69. The van der Waals surface area contributed by atoms with Crippen LogP contribution in [0, 0.1) is 4.91 Å². The predicted octanol–water partition coefficient (Wildman–Crippen LogP) is 0.827. The van der Waals surface area contributed by atoms with Crippen molar-refractivity contribution in [2.45, 2.75) is 12.5 Å². The summed E-state index contributed by atoms with van der Waals surface area (Å²) in [6, 6.07) is -0.552. The van der Waals surface area contributed by atoms with Crippen LogP contribution in [-0.4, -0.2) is 23.3 Å².